The Morgan fingerprint density at radius 1 is 0.625 bits per heavy atom. The molecule has 0 N–H and O–H groups in total. The van der Waals surface area contributed by atoms with E-state index in [1.807, 2.05) is 0 Å². The highest BCUT2D eigenvalue weighted by Gasteiger charge is 2.84. The van der Waals surface area contributed by atoms with Gasteiger partial charge in [0.1, 0.15) is 0 Å². The zero-order valence-electron chi connectivity index (χ0n) is 7.66. The van der Waals surface area contributed by atoms with Crippen molar-refractivity contribution in [2.45, 2.75) is 23.9 Å². The van der Waals surface area contributed by atoms with Crippen LogP contribution in [0.4, 0.5) is 48.3 Å². The first-order valence-electron chi connectivity index (χ1n) is 3.08. The topological polar surface area (TPSA) is 0 Å². The van der Waals surface area contributed by atoms with Crippen LogP contribution in [-0.4, -0.2) is 23.9 Å². The normalized spacial score (nSPS) is 15.8. The van der Waals surface area contributed by atoms with E-state index in [1.54, 1.807) is 0 Å². The van der Waals surface area contributed by atoms with E-state index in [2.05, 4.69) is 0 Å². The van der Waals surface area contributed by atoms with Crippen molar-refractivity contribution in [3.63, 3.8) is 0 Å². The third-order valence-electron chi connectivity index (χ3n) is 1.38. The lowest BCUT2D eigenvalue weighted by Gasteiger charge is -2.32. The number of hydrogen-bond acceptors (Lipinski definition) is 0. The van der Waals surface area contributed by atoms with Crippen molar-refractivity contribution in [2.24, 2.45) is 0 Å². The van der Waals surface area contributed by atoms with Crippen LogP contribution in [0.2, 0.25) is 0 Å². The molecule has 0 aromatic heterocycles. The molecule has 0 aliphatic heterocycles. The zero-order valence-corrected chi connectivity index (χ0v) is 6.66. The Bertz CT molecular complexity index is 253. The second-order valence-corrected chi connectivity index (χ2v) is 2.48. The molecule has 0 nitrogen and oxygen atoms in total. The highest BCUT2D eigenvalue weighted by molar-refractivity contribution is 5.06. The highest BCUT2D eigenvalue weighted by atomic mass is 19.4. The van der Waals surface area contributed by atoms with Crippen LogP contribution in [0, 0.1) is 6.43 Å². The summed E-state index contributed by atoms with van der Waals surface area (Å²) in [5.74, 6) is -21.4. The van der Waals surface area contributed by atoms with Gasteiger partial charge in [-0.05, 0) is 0 Å². The smallest absolute Gasteiger partial charge is 0.192 e. The maximum absolute atomic E-state index is 12.0. The number of alkyl halides is 9. The molecule has 0 rings (SSSR count). The first kappa shape index (κ1) is 15.2. The van der Waals surface area contributed by atoms with Crippen LogP contribution < -0.4 is 0 Å². The Morgan fingerprint density at radius 2 is 0.938 bits per heavy atom. The number of hydrogen-bond donors (Lipinski definition) is 0. The number of rotatable bonds is 3. The Balaban J connectivity index is 0. The SMILES string of the molecule is F[C](F)C(F)(F)C(F)(F)C(F)(F)C(F)(F)F.[H+]. The highest BCUT2D eigenvalue weighted by Crippen LogP contribution is 2.56. The van der Waals surface area contributed by atoms with Gasteiger partial charge < -0.3 is 0 Å². The van der Waals surface area contributed by atoms with Crippen LogP contribution >= 0.6 is 0 Å². The minimum atomic E-state index is -7.28. The third-order valence-corrected chi connectivity index (χ3v) is 1.38. The van der Waals surface area contributed by atoms with E-state index in [1.165, 1.54) is 0 Å². The molecule has 0 unspecified atom stereocenters. The van der Waals surface area contributed by atoms with Crippen LogP contribution in [0.25, 0.3) is 0 Å². The van der Waals surface area contributed by atoms with Crippen LogP contribution in [0.3, 0.4) is 0 Å². The fourth-order valence-corrected chi connectivity index (χ4v) is 0.494. The molecule has 16 heavy (non-hydrogen) atoms. The molecule has 0 fully saturated rings. The summed E-state index contributed by atoms with van der Waals surface area (Å²) in [6.07, 6.45) is -11.6. The van der Waals surface area contributed by atoms with Gasteiger partial charge in [0.25, 0.3) is 0 Å². The summed E-state index contributed by atoms with van der Waals surface area (Å²) in [6.45, 7) is 0. The fourth-order valence-electron chi connectivity index (χ4n) is 0.494. The van der Waals surface area contributed by atoms with E-state index in [0.29, 0.717) is 0 Å². The molecular weight excluding hydrogens is 269 g/mol. The molecule has 11 heteroatoms. The molecule has 0 aromatic carbocycles. The van der Waals surface area contributed by atoms with E-state index in [4.69, 9.17) is 0 Å². The zero-order chi connectivity index (χ0) is 13.6. The summed E-state index contributed by atoms with van der Waals surface area (Å²) in [7, 11) is 0. The first-order valence-corrected chi connectivity index (χ1v) is 3.08. The molecule has 0 bridgehead atoms. The molecule has 0 saturated heterocycles. The van der Waals surface area contributed by atoms with Gasteiger partial charge in [-0.1, -0.05) is 0 Å². The van der Waals surface area contributed by atoms with Gasteiger partial charge in [-0.25, -0.2) is 0 Å². The molecule has 0 amide bonds. The van der Waals surface area contributed by atoms with Crippen LogP contribution in [0.1, 0.15) is 1.43 Å². The molecule has 97 valence electrons. The minimum Gasteiger partial charge on any atom is -0.192 e. The largest absolute Gasteiger partial charge is 1.00 e. The maximum Gasteiger partial charge on any atom is 1.00 e. The van der Waals surface area contributed by atoms with Crippen molar-refractivity contribution < 1.29 is 49.7 Å². The van der Waals surface area contributed by atoms with Crippen LogP contribution in [0.15, 0.2) is 0 Å². The summed E-state index contributed by atoms with van der Waals surface area (Å²) in [5.41, 5.74) is 0. The van der Waals surface area contributed by atoms with E-state index < -0.39 is 30.4 Å². The standard InChI is InChI=1S/C5F11/c6-1(7)2(8,9)3(10,11)4(12,13)5(14,15)16/p+1. The molecule has 1 radical (unpaired) electrons. The predicted octanol–water partition coefficient (Wildman–Crippen LogP) is 4.00. The molecule has 0 aliphatic carbocycles. The lowest BCUT2D eigenvalue weighted by Crippen LogP contribution is -2.61. The maximum atomic E-state index is 12.0. The number of halogens is 11. The summed E-state index contributed by atoms with van der Waals surface area (Å²) in [4.78, 5) is 0. The Labute approximate surface area is 81.5 Å². The quantitative estimate of drug-likeness (QED) is 0.680. The average molecular weight is 270 g/mol. The van der Waals surface area contributed by atoms with Gasteiger partial charge in [0, 0.05) is 0 Å². The van der Waals surface area contributed by atoms with Gasteiger partial charge in [0.2, 0.25) is 0 Å². The van der Waals surface area contributed by atoms with Crippen molar-refractivity contribution in [3.8, 4) is 0 Å². The Kier molecular flexibility index (Phi) is 3.45. The van der Waals surface area contributed by atoms with E-state index in [0.717, 1.165) is 0 Å². The van der Waals surface area contributed by atoms with Gasteiger partial charge >= 0.3 is 31.8 Å². The van der Waals surface area contributed by atoms with Crippen molar-refractivity contribution in [1.29, 1.82) is 0 Å². The first-order chi connectivity index (χ1) is 6.69. The molecule has 0 spiro atoms. The van der Waals surface area contributed by atoms with E-state index in [9.17, 15) is 48.3 Å². The molecule has 0 saturated carbocycles. The van der Waals surface area contributed by atoms with Crippen molar-refractivity contribution >= 4 is 0 Å². The van der Waals surface area contributed by atoms with Crippen LogP contribution in [0.5, 0.6) is 0 Å². The monoisotopic (exact) mass is 270 g/mol. The van der Waals surface area contributed by atoms with Crippen LogP contribution in [-0.2, 0) is 0 Å². The van der Waals surface area contributed by atoms with Gasteiger partial charge in [-0.15, -0.1) is 0 Å². The molecule has 0 aliphatic rings. The van der Waals surface area contributed by atoms with Crippen molar-refractivity contribution in [3.05, 3.63) is 6.43 Å². The molecule has 0 heterocycles. The summed E-state index contributed by atoms with van der Waals surface area (Å²) < 4.78 is 128. The van der Waals surface area contributed by atoms with Gasteiger partial charge in [0.05, 0.1) is 0 Å². The predicted molar refractivity (Wildman–Crippen MR) is 27.5 cm³/mol. The molecule has 0 atom stereocenters. The summed E-state index contributed by atoms with van der Waals surface area (Å²) >= 11 is 0. The lowest BCUT2D eigenvalue weighted by molar-refractivity contribution is -0.399. The van der Waals surface area contributed by atoms with Crippen molar-refractivity contribution in [1.82, 2.24) is 0 Å². The lowest BCUT2D eigenvalue weighted by atomic mass is 10.0. The Morgan fingerprint density at radius 3 is 1.12 bits per heavy atom. The van der Waals surface area contributed by atoms with E-state index >= 15 is 0 Å². The van der Waals surface area contributed by atoms with Gasteiger partial charge in [-0.3, -0.25) is 0 Å². The van der Waals surface area contributed by atoms with Gasteiger partial charge in [-0.2, -0.15) is 48.3 Å². The molecule has 0 aromatic rings. The summed E-state index contributed by atoms with van der Waals surface area (Å²) in [5, 5.41) is 0. The molecular formula is C5HF11+. The fraction of sp³-hybridized carbons (Fsp3) is 0.800. The van der Waals surface area contributed by atoms with Gasteiger partial charge in [0.15, 0.2) is 0 Å². The average Bonchev–Trinajstić information content (AvgIpc) is 2.00. The van der Waals surface area contributed by atoms with Crippen molar-refractivity contribution in [2.75, 3.05) is 0 Å². The third kappa shape index (κ3) is 1.90. The minimum absolute atomic E-state index is 0. The van der Waals surface area contributed by atoms with E-state index in [-0.39, 0.29) is 1.43 Å². The summed E-state index contributed by atoms with van der Waals surface area (Å²) in [6, 6.07) is 0. The second-order valence-electron chi connectivity index (χ2n) is 2.48. The Hall–Kier alpha value is -0.770. The second kappa shape index (κ2) is 3.62.